The average molecular weight is 669 g/mol. The number of hydrogen-bond acceptors (Lipinski definition) is 2. The van der Waals surface area contributed by atoms with Gasteiger partial charge in [-0.05, 0) is 89.2 Å². The average Bonchev–Trinajstić information content (AvgIpc) is 2.93. The van der Waals surface area contributed by atoms with Gasteiger partial charge in [0.15, 0.2) is 0 Å². The van der Waals surface area contributed by atoms with Gasteiger partial charge in [0.2, 0.25) is 0 Å². The standard InChI is InChI=1S/C40H56O2.C5H12Si/c1-29(17-13-19-31(3)21-23-37-33(5)25-35(41)27-39(37,7)8)15-11-12-16-30(2)18-14-20-32(4)22-24-38-34(6)26-36(42)28-40(38,9)10;1-5-6(2,3)4/h11-24,35-36,41-42H,25-28H2,1-10H3;5H,1H2,2-4H3/b12-11+,17-13+,18-14+,23-21+,24-22+,29-15+,30-16+,31-19+,32-20+;/t35-,36-;/m1./s1. The number of rotatable bonds is 11. The lowest BCUT2D eigenvalue weighted by molar-refractivity contribution is 0.116. The van der Waals surface area contributed by atoms with Crippen molar-refractivity contribution in [1.82, 2.24) is 0 Å². The lowest BCUT2D eigenvalue weighted by Crippen LogP contribution is -2.28. The highest BCUT2D eigenvalue weighted by Gasteiger charge is 2.32. The Morgan fingerprint density at radius 1 is 0.604 bits per heavy atom. The third kappa shape index (κ3) is 16.9. The van der Waals surface area contributed by atoms with Crippen molar-refractivity contribution in [2.75, 3.05) is 0 Å². The molecule has 0 amide bonds. The molecule has 2 aliphatic rings. The highest BCUT2D eigenvalue weighted by Crippen LogP contribution is 2.42. The zero-order valence-electron chi connectivity index (χ0n) is 32.7. The molecular formula is C45H68O2Si. The summed E-state index contributed by atoms with van der Waals surface area (Å²) in [6, 6.07) is 0. The third-order valence-corrected chi connectivity index (χ3v) is 10.1. The fraction of sp³-hybridized carbons (Fsp3) is 0.467. The smallest absolute Gasteiger partial charge is 0.0679 e. The Balaban J connectivity index is 0.00000175. The Kier molecular flexibility index (Phi) is 17.8. The highest BCUT2D eigenvalue weighted by atomic mass is 28.3. The van der Waals surface area contributed by atoms with Crippen molar-refractivity contribution in [3.05, 3.63) is 142 Å². The zero-order valence-corrected chi connectivity index (χ0v) is 33.7. The minimum atomic E-state index is -0.867. The number of hydrogen-bond donors (Lipinski definition) is 2. The molecule has 0 aliphatic heterocycles. The summed E-state index contributed by atoms with van der Waals surface area (Å²) in [5, 5.41) is 20.2. The van der Waals surface area contributed by atoms with E-state index in [2.05, 4.69) is 186 Å². The monoisotopic (exact) mass is 668 g/mol. The summed E-state index contributed by atoms with van der Waals surface area (Å²) in [5.41, 5.74) is 12.1. The molecule has 2 N–H and O–H groups in total. The van der Waals surface area contributed by atoms with Crippen molar-refractivity contribution in [2.45, 2.75) is 127 Å². The van der Waals surface area contributed by atoms with Crippen LogP contribution in [0.15, 0.2) is 142 Å². The van der Waals surface area contributed by atoms with Gasteiger partial charge in [-0.15, -0.1) is 12.3 Å². The molecule has 2 rings (SSSR count). The Labute approximate surface area is 296 Å². The van der Waals surface area contributed by atoms with Crippen molar-refractivity contribution >= 4 is 8.07 Å². The SMILES string of the molecule is C=C[Si](C)(C)C.CC1=C(/C=C/C(C)=C/C=C/C(C)=C/C=C/C=C(C)/C=C/C=C(C)/C=C/C2=C(C)C[C@@H](O)CC2(C)C)C(C)(C)C[C@H](O)C1. The first kappa shape index (κ1) is 43.0. The maximum atomic E-state index is 10.1. The van der Waals surface area contributed by atoms with E-state index in [1.165, 1.54) is 44.6 Å². The van der Waals surface area contributed by atoms with Crippen molar-refractivity contribution in [2.24, 2.45) is 10.8 Å². The molecule has 264 valence electrons. The Bertz CT molecular complexity index is 1330. The van der Waals surface area contributed by atoms with E-state index < -0.39 is 8.07 Å². The Morgan fingerprint density at radius 2 is 0.896 bits per heavy atom. The van der Waals surface area contributed by atoms with Crippen LogP contribution in [0.2, 0.25) is 19.6 Å². The second-order valence-electron chi connectivity index (χ2n) is 16.3. The van der Waals surface area contributed by atoms with Crippen molar-refractivity contribution in [3.63, 3.8) is 0 Å². The molecule has 0 bridgehead atoms. The number of aliphatic hydroxyl groups excluding tert-OH is 2. The van der Waals surface area contributed by atoms with E-state index in [-0.39, 0.29) is 23.0 Å². The minimum absolute atomic E-state index is 0.00547. The molecule has 0 unspecified atom stereocenters. The molecule has 0 aromatic carbocycles. The van der Waals surface area contributed by atoms with Crippen molar-refractivity contribution in [1.29, 1.82) is 0 Å². The molecule has 0 heterocycles. The minimum Gasteiger partial charge on any atom is -0.393 e. The lowest BCUT2D eigenvalue weighted by Gasteiger charge is -2.35. The van der Waals surface area contributed by atoms with Crippen LogP contribution in [0.4, 0.5) is 0 Å². The summed E-state index contributed by atoms with van der Waals surface area (Å²) in [4.78, 5) is 0. The molecule has 0 fully saturated rings. The molecule has 0 radical (unpaired) electrons. The molecule has 0 aromatic rings. The molecule has 2 aliphatic carbocycles. The topological polar surface area (TPSA) is 40.5 Å². The number of aliphatic hydroxyl groups is 2. The van der Waals surface area contributed by atoms with Crippen LogP contribution in [0.1, 0.15) is 94.9 Å². The van der Waals surface area contributed by atoms with Crippen LogP contribution in [0, 0.1) is 10.8 Å². The van der Waals surface area contributed by atoms with E-state index in [9.17, 15) is 10.2 Å². The van der Waals surface area contributed by atoms with Gasteiger partial charge in [-0.1, -0.05) is 166 Å². The van der Waals surface area contributed by atoms with E-state index in [4.69, 9.17) is 0 Å². The summed E-state index contributed by atoms with van der Waals surface area (Å²) in [6.07, 6.45) is 32.6. The van der Waals surface area contributed by atoms with Gasteiger partial charge in [-0.3, -0.25) is 0 Å². The van der Waals surface area contributed by atoms with E-state index in [0.29, 0.717) is 0 Å². The van der Waals surface area contributed by atoms with Gasteiger partial charge in [0.25, 0.3) is 0 Å². The summed E-state index contributed by atoms with van der Waals surface area (Å²) < 4.78 is 0. The molecule has 0 aromatic heterocycles. The Morgan fingerprint density at radius 3 is 1.19 bits per heavy atom. The molecule has 48 heavy (non-hydrogen) atoms. The van der Waals surface area contributed by atoms with E-state index in [0.717, 1.165) is 25.7 Å². The summed E-state index contributed by atoms with van der Waals surface area (Å²) >= 11 is 0. The van der Waals surface area contributed by atoms with Crippen molar-refractivity contribution in [3.8, 4) is 0 Å². The van der Waals surface area contributed by atoms with Crippen molar-refractivity contribution < 1.29 is 10.2 Å². The first-order chi connectivity index (χ1) is 22.2. The summed E-state index contributed by atoms with van der Waals surface area (Å²) in [5.74, 6) is 0. The normalized spacial score (nSPS) is 23.3. The van der Waals surface area contributed by atoms with Crippen LogP contribution in [-0.2, 0) is 0 Å². The first-order valence-electron chi connectivity index (χ1n) is 17.6. The van der Waals surface area contributed by atoms with Gasteiger partial charge in [0.05, 0.1) is 20.3 Å². The summed E-state index contributed by atoms with van der Waals surface area (Å²) in [7, 11) is -0.867. The first-order valence-corrected chi connectivity index (χ1v) is 21.2. The molecule has 0 spiro atoms. The summed E-state index contributed by atoms with van der Waals surface area (Å²) in [6.45, 7) is 32.1. The van der Waals surface area contributed by atoms with Gasteiger partial charge in [0, 0.05) is 0 Å². The van der Waals surface area contributed by atoms with Crippen LogP contribution < -0.4 is 0 Å². The van der Waals surface area contributed by atoms with E-state index in [1.54, 1.807) is 0 Å². The van der Waals surface area contributed by atoms with Crippen LogP contribution in [0.3, 0.4) is 0 Å². The Hall–Kier alpha value is -2.98. The van der Waals surface area contributed by atoms with Gasteiger partial charge >= 0.3 is 0 Å². The zero-order chi connectivity index (χ0) is 36.7. The molecule has 2 atom stereocenters. The second-order valence-corrected chi connectivity index (χ2v) is 21.4. The molecule has 2 nitrogen and oxygen atoms in total. The molecular weight excluding hydrogens is 601 g/mol. The second kappa shape index (κ2) is 19.9. The van der Waals surface area contributed by atoms with Gasteiger partial charge < -0.3 is 10.2 Å². The van der Waals surface area contributed by atoms with Gasteiger partial charge in [-0.25, -0.2) is 0 Å². The highest BCUT2D eigenvalue weighted by molar-refractivity contribution is 6.80. The van der Waals surface area contributed by atoms with E-state index >= 15 is 0 Å². The maximum absolute atomic E-state index is 10.1. The van der Waals surface area contributed by atoms with Crippen LogP contribution >= 0.6 is 0 Å². The predicted molar refractivity (Wildman–Crippen MR) is 218 cm³/mol. The molecule has 3 heteroatoms. The van der Waals surface area contributed by atoms with Crippen LogP contribution in [-0.4, -0.2) is 30.5 Å². The van der Waals surface area contributed by atoms with Crippen LogP contribution in [0.5, 0.6) is 0 Å². The fourth-order valence-electron chi connectivity index (χ4n) is 6.13. The van der Waals surface area contributed by atoms with Gasteiger partial charge in [0.1, 0.15) is 0 Å². The van der Waals surface area contributed by atoms with Gasteiger partial charge in [-0.2, -0.15) is 0 Å². The number of allylic oxidation sites excluding steroid dienone is 20. The van der Waals surface area contributed by atoms with Crippen LogP contribution in [0.25, 0.3) is 0 Å². The quantitative estimate of drug-likeness (QED) is 0.170. The predicted octanol–water partition coefficient (Wildman–Crippen LogP) is 12.6. The molecule has 0 saturated carbocycles. The largest absolute Gasteiger partial charge is 0.393 e. The lowest BCUT2D eigenvalue weighted by atomic mass is 9.71. The van der Waals surface area contributed by atoms with E-state index in [1.807, 2.05) is 0 Å². The third-order valence-electron chi connectivity index (χ3n) is 8.86. The molecule has 0 saturated heterocycles. The maximum Gasteiger partial charge on any atom is 0.0679 e. The fourth-order valence-corrected chi connectivity index (χ4v) is 6.13.